The lowest BCUT2D eigenvalue weighted by atomic mass is 10.1. The minimum Gasteiger partial charge on any atom is -0.359 e. The first-order chi connectivity index (χ1) is 13.2. The standard InChI is InChI=1S/C20H14ClN3O2S/c1-13-19(18(23-26-13)15-9-5-6-10-16(15)21)24(12-25)20-22-11-17(27-20)14-7-3-2-4-8-14/h2-12H,1H3. The van der Waals surface area contributed by atoms with Crippen LogP contribution in [0.5, 0.6) is 0 Å². The number of benzene rings is 2. The topological polar surface area (TPSA) is 59.2 Å². The molecule has 0 aliphatic rings. The molecular weight excluding hydrogens is 382 g/mol. The zero-order valence-electron chi connectivity index (χ0n) is 14.3. The van der Waals surface area contributed by atoms with E-state index in [4.69, 9.17) is 16.1 Å². The number of amides is 1. The second kappa shape index (κ2) is 7.34. The summed E-state index contributed by atoms with van der Waals surface area (Å²) in [4.78, 5) is 18.8. The number of carbonyl (C=O) groups is 1. The van der Waals surface area contributed by atoms with Gasteiger partial charge >= 0.3 is 0 Å². The zero-order chi connectivity index (χ0) is 18.8. The molecule has 0 fully saturated rings. The summed E-state index contributed by atoms with van der Waals surface area (Å²) < 4.78 is 5.37. The van der Waals surface area contributed by atoms with Gasteiger partial charge in [0, 0.05) is 11.8 Å². The Bertz CT molecular complexity index is 1090. The maximum atomic E-state index is 12.0. The van der Waals surface area contributed by atoms with Gasteiger partial charge in [-0.15, -0.1) is 0 Å². The van der Waals surface area contributed by atoms with Gasteiger partial charge in [-0.25, -0.2) is 4.98 Å². The SMILES string of the molecule is Cc1onc(-c2ccccc2Cl)c1N(C=O)c1ncc(-c2ccccc2)s1. The molecule has 4 aromatic rings. The molecule has 0 saturated heterocycles. The lowest BCUT2D eigenvalue weighted by Gasteiger charge is -2.14. The molecule has 0 N–H and O–H groups in total. The number of nitrogens with zero attached hydrogens (tertiary/aromatic N) is 3. The van der Waals surface area contributed by atoms with E-state index in [0.29, 0.717) is 39.3 Å². The van der Waals surface area contributed by atoms with Gasteiger partial charge in [-0.05, 0) is 18.6 Å². The molecule has 0 aliphatic carbocycles. The van der Waals surface area contributed by atoms with Crippen molar-refractivity contribution in [3.63, 3.8) is 0 Å². The summed E-state index contributed by atoms with van der Waals surface area (Å²) in [6, 6.07) is 17.2. The van der Waals surface area contributed by atoms with Crippen molar-refractivity contribution in [3.05, 3.63) is 71.6 Å². The van der Waals surface area contributed by atoms with Crippen LogP contribution in [0.2, 0.25) is 5.02 Å². The van der Waals surface area contributed by atoms with Crippen LogP contribution in [-0.2, 0) is 4.79 Å². The number of halogens is 1. The van der Waals surface area contributed by atoms with E-state index < -0.39 is 0 Å². The predicted molar refractivity (Wildman–Crippen MR) is 107 cm³/mol. The molecule has 134 valence electrons. The van der Waals surface area contributed by atoms with Crippen LogP contribution in [0.15, 0.2) is 65.3 Å². The molecule has 0 spiro atoms. The smallest absolute Gasteiger partial charge is 0.220 e. The average Bonchev–Trinajstić information content (AvgIpc) is 3.32. The number of hydrogen-bond acceptors (Lipinski definition) is 5. The van der Waals surface area contributed by atoms with E-state index in [1.807, 2.05) is 48.5 Å². The van der Waals surface area contributed by atoms with Gasteiger partial charge in [0.25, 0.3) is 0 Å². The van der Waals surface area contributed by atoms with Crippen molar-refractivity contribution in [2.45, 2.75) is 6.92 Å². The van der Waals surface area contributed by atoms with Crippen LogP contribution in [-0.4, -0.2) is 16.6 Å². The molecule has 0 unspecified atom stereocenters. The molecule has 2 aromatic carbocycles. The van der Waals surface area contributed by atoms with Gasteiger partial charge in [0.1, 0.15) is 11.4 Å². The Kier molecular flexibility index (Phi) is 4.75. The number of aryl methyl sites for hydroxylation is 1. The molecule has 27 heavy (non-hydrogen) atoms. The lowest BCUT2D eigenvalue weighted by molar-refractivity contribution is -0.106. The first kappa shape index (κ1) is 17.5. The molecule has 0 atom stereocenters. The summed E-state index contributed by atoms with van der Waals surface area (Å²) in [6.45, 7) is 1.75. The van der Waals surface area contributed by atoms with Crippen LogP contribution >= 0.6 is 22.9 Å². The van der Waals surface area contributed by atoms with E-state index in [-0.39, 0.29) is 0 Å². The van der Waals surface area contributed by atoms with E-state index in [1.54, 1.807) is 19.2 Å². The number of thiazole rings is 1. The Balaban J connectivity index is 1.79. The molecule has 1 amide bonds. The fourth-order valence-electron chi connectivity index (χ4n) is 2.79. The van der Waals surface area contributed by atoms with Crippen LogP contribution in [0.1, 0.15) is 5.76 Å². The Morgan fingerprint density at radius 1 is 1.11 bits per heavy atom. The maximum absolute atomic E-state index is 12.0. The van der Waals surface area contributed by atoms with E-state index in [9.17, 15) is 4.79 Å². The Morgan fingerprint density at radius 3 is 2.59 bits per heavy atom. The normalized spacial score (nSPS) is 10.7. The summed E-state index contributed by atoms with van der Waals surface area (Å²) in [6.07, 6.45) is 2.47. The minimum atomic E-state index is 0.502. The molecule has 2 heterocycles. The largest absolute Gasteiger partial charge is 0.359 e. The summed E-state index contributed by atoms with van der Waals surface area (Å²) in [5, 5.41) is 5.18. The zero-order valence-corrected chi connectivity index (χ0v) is 15.9. The lowest BCUT2D eigenvalue weighted by Crippen LogP contribution is -2.15. The molecule has 0 aliphatic heterocycles. The summed E-state index contributed by atoms with van der Waals surface area (Å²) in [5.74, 6) is 0.508. The fourth-order valence-corrected chi connectivity index (χ4v) is 3.91. The quantitative estimate of drug-likeness (QED) is 0.405. The van der Waals surface area contributed by atoms with Crippen LogP contribution in [0, 0.1) is 6.92 Å². The maximum Gasteiger partial charge on any atom is 0.220 e. The van der Waals surface area contributed by atoms with Crippen LogP contribution in [0.25, 0.3) is 21.7 Å². The van der Waals surface area contributed by atoms with Crippen molar-refractivity contribution < 1.29 is 9.32 Å². The van der Waals surface area contributed by atoms with Crippen molar-refractivity contribution in [2.75, 3.05) is 4.90 Å². The minimum absolute atomic E-state index is 0.502. The average molecular weight is 396 g/mol. The monoisotopic (exact) mass is 395 g/mol. The summed E-state index contributed by atoms with van der Waals surface area (Å²) in [5.41, 5.74) is 2.77. The van der Waals surface area contributed by atoms with Gasteiger partial charge in [0.05, 0.1) is 9.90 Å². The molecule has 0 radical (unpaired) electrons. The molecule has 0 bridgehead atoms. The molecule has 5 nitrogen and oxygen atoms in total. The van der Waals surface area contributed by atoms with Gasteiger partial charge < -0.3 is 4.52 Å². The van der Waals surface area contributed by atoms with E-state index in [0.717, 1.165) is 10.4 Å². The van der Waals surface area contributed by atoms with Gasteiger partial charge in [-0.3, -0.25) is 9.69 Å². The van der Waals surface area contributed by atoms with Crippen LogP contribution in [0.4, 0.5) is 10.8 Å². The fraction of sp³-hybridized carbons (Fsp3) is 0.0500. The second-order valence-corrected chi connectivity index (χ2v) is 7.18. The Morgan fingerprint density at radius 2 is 1.85 bits per heavy atom. The number of carbonyl (C=O) groups excluding carboxylic acids is 1. The first-order valence-corrected chi connectivity index (χ1v) is 9.35. The van der Waals surface area contributed by atoms with Gasteiger partial charge in [-0.1, -0.05) is 76.6 Å². The van der Waals surface area contributed by atoms with Gasteiger partial charge in [-0.2, -0.15) is 0 Å². The van der Waals surface area contributed by atoms with E-state index >= 15 is 0 Å². The first-order valence-electron chi connectivity index (χ1n) is 8.16. The summed E-state index contributed by atoms with van der Waals surface area (Å²) >= 11 is 7.73. The number of anilines is 2. The Labute approximate surface area is 164 Å². The molecule has 7 heteroatoms. The molecule has 0 saturated carbocycles. The van der Waals surface area contributed by atoms with Gasteiger partial charge in [0.15, 0.2) is 10.9 Å². The van der Waals surface area contributed by atoms with Crippen molar-refractivity contribution in [1.29, 1.82) is 0 Å². The third-order valence-corrected chi connectivity index (χ3v) is 5.44. The third-order valence-electron chi connectivity index (χ3n) is 4.06. The molecular formula is C20H14ClN3O2S. The number of rotatable bonds is 5. The van der Waals surface area contributed by atoms with Crippen molar-refractivity contribution in [1.82, 2.24) is 10.1 Å². The highest BCUT2D eigenvalue weighted by Gasteiger charge is 2.25. The van der Waals surface area contributed by atoms with E-state index in [1.165, 1.54) is 16.2 Å². The van der Waals surface area contributed by atoms with Crippen molar-refractivity contribution >= 4 is 40.2 Å². The van der Waals surface area contributed by atoms with Crippen molar-refractivity contribution in [3.8, 4) is 21.7 Å². The highest BCUT2D eigenvalue weighted by Crippen LogP contribution is 2.41. The Hall–Kier alpha value is -2.96. The second-order valence-electron chi connectivity index (χ2n) is 5.76. The highest BCUT2D eigenvalue weighted by molar-refractivity contribution is 7.19. The summed E-state index contributed by atoms with van der Waals surface area (Å²) in [7, 11) is 0. The van der Waals surface area contributed by atoms with Crippen LogP contribution < -0.4 is 4.90 Å². The van der Waals surface area contributed by atoms with Crippen molar-refractivity contribution in [2.24, 2.45) is 0 Å². The molecule has 4 rings (SSSR count). The predicted octanol–water partition coefficient (Wildman–Crippen LogP) is 5.72. The highest BCUT2D eigenvalue weighted by atomic mass is 35.5. The number of hydrogen-bond donors (Lipinski definition) is 0. The van der Waals surface area contributed by atoms with E-state index in [2.05, 4.69) is 10.1 Å². The molecule has 2 aromatic heterocycles. The van der Waals surface area contributed by atoms with Gasteiger partial charge in [0.2, 0.25) is 6.41 Å². The third kappa shape index (κ3) is 3.25. The van der Waals surface area contributed by atoms with Crippen LogP contribution in [0.3, 0.4) is 0 Å². The number of aromatic nitrogens is 2.